The van der Waals surface area contributed by atoms with Crippen molar-refractivity contribution < 1.29 is 22.9 Å². The number of nitro groups is 1. The van der Waals surface area contributed by atoms with E-state index in [0.29, 0.717) is 5.02 Å². The molecule has 11 heteroatoms. The van der Waals surface area contributed by atoms with Gasteiger partial charge in [0.1, 0.15) is 18.0 Å². The summed E-state index contributed by atoms with van der Waals surface area (Å²) < 4.78 is 30.6. The van der Waals surface area contributed by atoms with Crippen LogP contribution in [0.4, 0.5) is 11.4 Å². The van der Waals surface area contributed by atoms with Crippen molar-refractivity contribution in [3.8, 4) is 5.75 Å². The molecule has 2 rings (SSSR count). The molecule has 0 radical (unpaired) electrons. The molecule has 0 saturated heterocycles. The number of anilines is 1. The summed E-state index contributed by atoms with van der Waals surface area (Å²) in [4.78, 5) is 24.5. The van der Waals surface area contributed by atoms with Crippen molar-refractivity contribution in [1.29, 1.82) is 0 Å². The van der Waals surface area contributed by atoms with E-state index in [0.717, 1.165) is 22.2 Å². The first-order chi connectivity index (χ1) is 13.5. The number of ether oxygens (including phenoxy) is 1. The number of non-ortho nitro benzene ring substituents is 1. The van der Waals surface area contributed by atoms with Crippen LogP contribution in [0.5, 0.6) is 5.75 Å². The van der Waals surface area contributed by atoms with Crippen LogP contribution in [0, 0.1) is 10.1 Å². The molecule has 0 atom stereocenters. The maximum Gasteiger partial charge on any atom is 0.271 e. The predicted octanol–water partition coefficient (Wildman–Crippen LogP) is 2.68. The molecule has 2 aromatic rings. The number of halogens is 1. The Balaban J connectivity index is 2.32. The molecule has 0 unspecified atom stereocenters. The van der Waals surface area contributed by atoms with Crippen LogP contribution in [0.1, 0.15) is 5.56 Å². The standard InChI is InChI=1S/C18H20ClN3O6S/c1-20(11-13-4-6-14(19)7-5-13)18(23)12-21(29(3,26)27)16-10-15(22(24)25)8-9-17(16)28-2/h4-10H,11-12H2,1-3H3. The molecule has 0 bridgehead atoms. The number of benzene rings is 2. The molecule has 29 heavy (non-hydrogen) atoms. The Morgan fingerprint density at radius 2 is 1.83 bits per heavy atom. The SMILES string of the molecule is COc1ccc([N+](=O)[O-])cc1N(CC(=O)N(C)Cc1ccc(Cl)cc1)S(C)(=O)=O. The van der Waals surface area contributed by atoms with Crippen LogP contribution in [0.15, 0.2) is 42.5 Å². The Hall–Kier alpha value is -2.85. The van der Waals surface area contributed by atoms with Crippen molar-refractivity contribution in [1.82, 2.24) is 4.90 Å². The Labute approximate surface area is 173 Å². The van der Waals surface area contributed by atoms with Gasteiger partial charge in [0.2, 0.25) is 15.9 Å². The van der Waals surface area contributed by atoms with E-state index in [1.165, 1.54) is 31.2 Å². The number of nitro benzene ring substituents is 1. The van der Waals surface area contributed by atoms with Crippen molar-refractivity contribution in [3.63, 3.8) is 0 Å². The van der Waals surface area contributed by atoms with E-state index in [2.05, 4.69) is 0 Å². The lowest BCUT2D eigenvalue weighted by molar-refractivity contribution is -0.384. The van der Waals surface area contributed by atoms with E-state index in [-0.39, 0.29) is 23.7 Å². The number of likely N-dealkylation sites (N-methyl/N-ethyl adjacent to an activating group) is 1. The molecule has 0 saturated carbocycles. The summed E-state index contributed by atoms with van der Waals surface area (Å²) in [6.45, 7) is -0.305. The largest absolute Gasteiger partial charge is 0.495 e. The first-order valence-electron chi connectivity index (χ1n) is 8.31. The molecule has 0 aliphatic heterocycles. The zero-order valence-electron chi connectivity index (χ0n) is 16.0. The van der Waals surface area contributed by atoms with Gasteiger partial charge in [0.25, 0.3) is 5.69 Å². The molecule has 0 spiro atoms. The molecule has 0 N–H and O–H groups in total. The first-order valence-corrected chi connectivity index (χ1v) is 10.5. The third-order valence-corrected chi connectivity index (χ3v) is 5.46. The maximum absolute atomic E-state index is 12.7. The van der Waals surface area contributed by atoms with Gasteiger partial charge >= 0.3 is 0 Å². The number of rotatable bonds is 8. The van der Waals surface area contributed by atoms with Crippen molar-refractivity contribution >= 4 is 38.9 Å². The van der Waals surface area contributed by atoms with Gasteiger partial charge in [0.15, 0.2) is 0 Å². The molecule has 0 aromatic heterocycles. The van der Waals surface area contributed by atoms with E-state index in [9.17, 15) is 23.3 Å². The number of nitrogens with zero attached hydrogens (tertiary/aromatic N) is 3. The second-order valence-corrected chi connectivity index (χ2v) is 8.60. The van der Waals surface area contributed by atoms with Crippen LogP contribution in [-0.4, -0.2) is 51.1 Å². The second kappa shape index (κ2) is 9.10. The van der Waals surface area contributed by atoms with Gasteiger partial charge in [-0.2, -0.15) is 0 Å². The summed E-state index contributed by atoms with van der Waals surface area (Å²) in [7, 11) is -1.10. The van der Waals surface area contributed by atoms with E-state index in [4.69, 9.17) is 16.3 Å². The van der Waals surface area contributed by atoms with E-state index in [1.54, 1.807) is 24.3 Å². The quantitative estimate of drug-likeness (QED) is 0.460. The molecule has 0 fully saturated rings. The molecular weight excluding hydrogens is 422 g/mol. The normalized spacial score (nSPS) is 11.0. The van der Waals surface area contributed by atoms with Gasteiger partial charge in [0, 0.05) is 30.7 Å². The van der Waals surface area contributed by atoms with Crippen molar-refractivity contribution in [2.24, 2.45) is 0 Å². The first kappa shape index (κ1) is 22.4. The van der Waals surface area contributed by atoms with Crippen molar-refractivity contribution in [2.75, 3.05) is 31.3 Å². The number of carbonyl (C=O) groups excluding carboxylic acids is 1. The zero-order chi connectivity index (χ0) is 21.8. The summed E-state index contributed by atoms with van der Waals surface area (Å²) >= 11 is 5.85. The average Bonchev–Trinajstić information content (AvgIpc) is 2.66. The van der Waals surface area contributed by atoms with Gasteiger partial charge in [-0.3, -0.25) is 19.2 Å². The molecule has 9 nitrogen and oxygen atoms in total. The van der Waals surface area contributed by atoms with Gasteiger partial charge in [-0.05, 0) is 23.8 Å². The van der Waals surface area contributed by atoms with Crippen molar-refractivity contribution in [2.45, 2.75) is 6.54 Å². The fourth-order valence-electron chi connectivity index (χ4n) is 2.56. The maximum atomic E-state index is 12.7. The monoisotopic (exact) mass is 441 g/mol. The van der Waals surface area contributed by atoms with Gasteiger partial charge in [-0.1, -0.05) is 23.7 Å². The minimum Gasteiger partial charge on any atom is -0.495 e. The van der Waals surface area contributed by atoms with Crippen LogP contribution in [-0.2, 0) is 21.4 Å². The molecular formula is C18H20ClN3O6S. The Bertz CT molecular complexity index is 1010. The number of methoxy groups -OCH3 is 1. The summed E-state index contributed by atoms with van der Waals surface area (Å²) in [6, 6.07) is 10.4. The van der Waals surface area contributed by atoms with Crippen LogP contribution in [0.3, 0.4) is 0 Å². The molecule has 2 aromatic carbocycles. The number of carbonyl (C=O) groups is 1. The lowest BCUT2D eigenvalue weighted by Gasteiger charge is -2.26. The Morgan fingerprint density at radius 3 is 2.34 bits per heavy atom. The minimum atomic E-state index is -3.93. The Morgan fingerprint density at radius 1 is 1.21 bits per heavy atom. The summed E-state index contributed by atoms with van der Waals surface area (Å²) in [6.07, 6.45) is 0.914. The fraction of sp³-hybridized carbons (Fsp3) is 0.278. The Kier molecular flexibility index (Phi) is 7.04. The lowest BCUT2D eigenvalue weighted by Crippen LogP contribution is -2.41. The number of sulfonamides is 1. The smallest absolute Gasteiger partial charge is 0.271 e. The van der Waals surface area contributed by atoms with Gasteiger partial charge in [-0.25, -0.2) is 8.42 Å². The minimum absolute atomic E-state index is 0.0857. The van der Waals surface area contributed by atoms with Gasteiger partial charge < -0.3 is 9.64 Å². The highest BCUT2D eigenvalue weighted by Crippen LogP contribution is 2.33. The molecule has 0 heterocycles. The summed E-state index contributed by atoms with van der Waals surface area (Å²) in [5, 5.41) is 11.7. The number of hydrogen-bond donors (Lipinski definition) is 0. The highest BCUT2D eigenvalue weighted by Gasteiger charge is 2.27. The molecule has 1 amide bonds. The topological polar surface area (TPSA) is 110 Å². The van der Waals surface area contributed by atoms with Crippen LogP contribution < -0.4 is 9.04 Å². The van der Waals surface area contributed by atoms with Gasteiger partial charge in [-0.15, -0.1) is 0 Å². The zero-order valence-corrected chi connectivity index (χ0v) is 17.6. The van der Waals surface area contributed by atoms with Crippen molar-refractivity contribution in [3.05, 3.63) is 63.2 Å². The summed E-state index contributed by atoms with van der Waals surface area (Å²) in [5.41, 5.74) is 0.401. The van der Waals surface area contributed by atoms with Crippen LogP contribution in [0.25, 0.3) is 0 Å². The van der Waals surface area contributed by atoms with E-state index >= 15 is 0 Å². The van der Waals surface area contributed by atoms with Crippen LogP contribution in [0.2, 0.25) is 5.02 Å². The average molecular weight is 442 g/mol. The highest BCUT2D eigenvalue weighted by atomic mass is 35.5. The molecule has 0 aliphatic carbocycles. The van der Waals surface area contributed by atoms with Gasteiger partial charge in [0.05, 0.1) is 18.3 Å². The third kappa shape index (κ3) is 5.81. The number of hydrogen-bond acceptors (Lipinski definition) is 6. The fourth-order valence-corrected chi connectivity index (χ4v) is 3.53. The number of amides is 1. The lowest BCUT2D eigenvalue weighted by atomic mass is 10.2. The second-order valence-electron chi connectivity index (χ2n) is 6.26. The predicted molar refractivity (Wildman–Crippen MR) is 110 cm³/mol. The summed E-state index contributed by atoms with van der Waals surface area (Å²) in [5.74, 6) is -0.409. The van der Waals surface area contributed by atoms with Crippen LogP contribution >= 0.6 is 11.6 Å². The van der Waals surface area contributed by atoms with E-state index in [1.807, 2.05) is 0 Å². The highest BCUT2D eigenvalue weighted by molar-refractivity contribution is 7.92. The molecule has 0 aliphatic rings. The third-order valence-electron chi connectivity index (χ3n) is 4.08. The van der Waals surface area contributed by atoms with E-state index < -0.39 is 27.4 Å². The molecule has 156 valence electrons.